The zero-order valence-corrected chi connectivity index (χ0v) is 24.4. The Balaban J connectivity index is 1.06. The van der Waals surface area contributed by atoms with Gasteiger partial charge in [0, 0.05) is 32.1 Å². The van der Waals surface area contributed by atoms with E-state index >= 15 is 0 Å². The van der Waals surface area contributed by atoms with Crippen LogP contribution in [-0.2, 0) is 27.8 Å². The summed E-state index contributed by atoms with van der Waals surface area (Å²) >= 11 is 0. The molecule has 1 aromatic heterocycles. The summed E-state index contributed by atoms with van der Waals surface area (Å²) in [6.45, 7) is 1.04. The highest BCUT2D eigenvalue weighted by atomic mass is 32.2. The number of carbonyl (C=O) groups excluding carboxylic acids is 1. The fourth-order valence-electron chi connectivity index (χ4n) is 5.76. The first-order chi connectivity index (χ1) is 20.8. The molecule has 43 heavy (non-hydrogen) atoms. The number of piperidine rings is 1. The van der Waals surface area contributed by atoms with Gasteiger partial charge in [0.25, 0.3) is 0 Å². The maximum atomic E-state index is 12.8. The molecule has 1 amide bonds. The molecule has 0 N–H and O–H groups in total. The van der Waals surface area contributed by atoms with Gasteiger partial charge in [-0.1, -0.05) is 48.5 Å². The molecular weight excluding hydrogens is 562 g/mol. The van der Waals surface area contributed by atoms with Crippen molar-refractivity contribution in [3.05, 3.63) is 114 Å². The molecule has 3 heterocycles. The van der Waals surface area contributed by atoms with E-state index in [0.29, 0.717) is 37.2 Å². The molecule has 3 aromatic carbocycles. The van der Waals surface area contributed by atoms with Crippen LogP contribution in [0.3, 0.4) is 0 Å². The number of fused-ring (bicyclic) bond motifs is 1. The van der Waals surface area contributed by atoms with Crippen molar-refractivity contribution in [3.63, 3.8) is 0 Å². The van der Waals surface area contributed by atoms with Crippen molar-refractivity contribution >= 4 is 15.9 Å². The van der Waals surface area contributed by atoms with E-state index in [0.717, 1.165) is 40.8 Å². The van der Waals surface area contributed by atoms with E-state index in [1.807, 2.05) is 36.4 Å². The van der Waals surface area contributed by atoms with Crippen molar-refractivity contribution in [1.82, 2.24) is 9.88 Å². The van der Waals surface area contributed by atoms with Gasteiger partial charge in [0.05, 0.1) is 22.8 Å². The fourth-order valence-corrected chi connectivity index (χ4v) is 7.19. The maximum absolute atomic E-state index is 12.8. The molecule has 0 unspecified atom stereocenters. The molecule has 1 fully saturated rings. The van der Waals surface area contributed by atoms with E-state index in [4.69, 9.17) is 9.47 Å². The second kappa shape index (κ2) is 11.9. The Morgan fingerprint density at radius 3 is 2.42 bits per heavy atom. The normalized spacial score (nSPS) is 15.7. The number of nitriles is 1. The Bertz CT molecular complexity index is 1780. The number of nitrogens with zero attached hydrogens (tertiary/aromatic N) is 3. The monoisotopic (exact) mass is 593 g/mol. The molecule has 2 aliphatic rings. The van der Waals surface area contributed by atoms with Crippen LogP contribution in [0.1, 0.15) is 41.6 Å². The second-order valence-corrected chi connectivity index (χ2v) is 13.2. The van der Waals surface area contributed by atoms with Gasteiger partial charge in [0.1, 0.15) is 17.4 Å². The molecule has 2 aliphatic heterocycles. The Labute approximate surface area is 251 Å². The first-order valence-corrected chi connectivity index (χ1v) is 16.1. The highest BCUT2D eigenvalue weighted by molar-refractivity contribution is 7.89. The number of aryl methyl sites for hydroxylation is 1. The number of likely N-dealkylation sites (tertiary alicyclic amines) is 1. The van der Waals surface area contributed by atoms with Gasteiger partial charge in [-0.15, -0.1) is 0 Å². The number of para-hydroxylation sites is 1. The van der Waals surface area contributed by atoms with Gasteiger partial charge in [-0.25, -0.2) is 13.2 Å². The van der Waals surface area contributed by atoms with Crippen LogP contribution in [0.4, 0.5) is 4.79 Å². The van der Waals surface area contributed by atoms with E-state index in [-0.39, 0.29) is 22.9 Å². The molecular formula is C34H31N3O5S. The molecule has 1 saturated heterocycles. The minimum absolute atomic E-state index is 0.0354. The largest absolute Gasteiger partial charge is 0.487 e. The summed E-state index contributed by atoms with van der Waals surface area (Å²) in [7, 11) is -3.34. The lowest BCUT2D eigenvalue weighted by Crippen LogP contribution is -2.51. The summed E-state index contributed by atoms with van der Waals surface area (Å²) in [5.74, 6) is 1.02. The third-order valence-corrected chi connectivity index (χ3v) is 9.65. The zero-order valence-electron chi connectivity index (χ0n) is 23.6. The summed E-state index contributed by atoms with van der Waals surface area (Å²) in [5.41, 5.74) is 4.50. The van der Waals surface area contributed by atoms with Crippen LogP contribution in [0.2, 0.25) is 0 Å². The summed E-state index contributed by atoms with van der Waals surface area (Å²) in [6, 6.07) is 27.9. The van der Waals surface area contributed by atoms with Gasteiger partial charge in [0.2, 0.25) is 0 Å². The number of amides is 1. The van der Waals surface area contributed by atoms with Crippen molar-refractivity contribution in [2.24, 2.45) is 0 Å². The van der Waals surface area contributed by atoms with Gasteiger partial charge < -0.3 is 14.4 Å². The van der Waals surface area contributed by atoms with Gasteiger partial charge in [-0.2, -0.15) is 5.26 Å². The molecule has 0 atom stereocenters. The summed E-state index contributed by atoms with van der Waals surface area (Å²) in [6.07, 6.45) is 4.28. The number of rotatable bonds is 6. The Kier molecular flexibility index (Phi) is 7.87. The van der Waals surface area contributed by atoms with E-state index in [9.17, 15) is 18.5 Å². The second-order valence-electron chi connectivity index (χ2n) is 11.1. The maximum Gasteiger partial charge on any atom is 0.415 e. The first-order valence-electron chi connectivity index (χ1n) is 14.3. The van der Waals surface area contributed by atoms with Crippen LogP contribution >= 0.6 is 0 Å². The molecule has 8 nitrogen and oxygen atoms in total. The highest BCUT2D eigenvalue weighted by Crippen LogP contribution is 2.41. The molecule has 218 valence electrons. The van der Waals surface area contributed by atoms with E-state index in [1.54, 1.807) is 53.6 Å². The number of pyridine rings is 1. The first kappa shape index (κ1) is 28.4. The molecule has 0 saturated carbocycles. The Morgan fingerprint density at radius 1 is 0.930 bits per heavy atom. The number of hydrogen-bond donors (Lipinski definition) is 0. The van der Waals surface area contributed by atoms with Crippen LogP contribution < -0.4 is 9.47 Å². The van der Waals surface area contributed by atoms with E-state index in [2.05, 4.69) is 17.1 Å². The number of hydrogen-bond acceptors (Lipinski definition) is 7. The molecule has 0 aliphatic carbocycles. The van der Waals surface area contributed by atoms with E-state index in [1.165, 1.54) is 0 Å². The van der Waals surface area contributed by atoms with Crippen molar-refractivity contribution < 1.29 is 22.7 Å². The summed E-state index contributed by atoms with van der Waals surface area (Å²) in [5, 5.41) is 9.27. The molecule has 0 bridgehead atoms. The Hall–Kier alpha value is -4.68. The molecule has 9 heteroatoms. The fraction of sp³-hybridized carbons (Fsp3) is 0.265. The summed E-state index contributed by atoms with van der Waals surface area (Å²) < 4.78 is 37.4. The zero-order chi connectivity index (χ0) is 29.9. The number of aromatic nitrogens is 1. The molecule has 0 radical (unpaired) electrons. The van der Waals surface area contributed by atoms with Crippen molar-refractivity contribution in [3.8, 4) is 28.7 Å². The highest BCUT2D eigenvalue weighted by Gasteiger charge is 2.41. The number of benzene rings is 3. The molecule has 4 aromatic rings. The van der Waals surface area contributed by atoms with Crippen molar-refractivity contribution in [1.29, 1.82) is 5.26 Å². The van der Waals surface area contributed by atoms with Crippen molar-refractivity contribution in [2.75, 3.05) is 13.1 Å². The number of ether oxygens (including phenoxy) is 2. The van der Waals surface area contributed by atoms with Crippen LogP contribution in [0.25, 0.3) is 11.1 Å². The third-order valence-electron chi connectivity index (χ3n) is 8.14. The Morgan fingerprint density at radius 2 is 1.67 bits per heavy atom. The van der Waals surface area contributed by atoms with Gasteiger partial charge >= 0.3 is 6.09 Å². The smallest absolute Gasteiger partial charge is 0.415 e. The van der Waals surface area contributed by atoms with Gasteiger partial charge in [-0.3, -0.25) is 4.98 Å². The number of sulfone groups is 1. The molecule has 6 rings (SSSR count). The predicted octanol–water partition coefficient (Wildman–Crippen LogP) is 6.09. The lowest BCUT2D eigenvalue weighted by Gasteiger charge is -2.44. The van der Waals surface area contributed by atoms with Gasteiger partial charge in [0.15, 0.2) is 15.6 Å². The van der Waals surface area contributed by atoms with Crippen molar-refractivity contribution in [2.45, 2.75) is 42.8 Å². The SMILES string of the molecule is N#Cc1ccccc1OC(=O)N1CCC2(CCc3cc(-c4ccc(CS(=O)(=O)Cc5ccccn5)cc4)ccc3O2)CC1. The van der Waals surface area contributed by atoms with Crippen LogP contribution in [0.5, 0.6) is 11.5 Å². The lowest BCUT2D eigenvalue weighted by molar-refractivity contribution is -0.00949. The average Bonchev–Trinajstić information content (AvgIpc) is 3.02. The topological polar surface area (TPSA) is 110 Å². The van der Waals surface area contributed by atoms with Crippen LogP contribution in [0.15, 0.2) is 91.1 Å². The number of carbonyl (C=O) groups is 1. The minimum atomic E-state index is -3.34. The summed E-state index contributed by atoms with van der Waals surface area (Å²) in [4.78, 5) is 18.6. The third kappa shape index (κ3) is 6.55. The van der Waals surface area contributed by atoms with Crippen LogP contribution in [0, 0.1) is 11.3 Å². The average molecular weight is 594 g/mol. The van der Waals surface area contributed by atoms with E-state index < -0.39 is 15.9 Å². The standard InChI is InChI=1S/C34H31N3O5S/c35-22-29-5-1-2-7-31(29)41-33(38)37-19-16-34(17-20-37)15-14-28-21-27(12-13-32(28)42-34)26-10-8-25(9-11-26)23-43(39,40)24-30-6-3-4-18-36-30/h1-13,18,21H,14-17,19-20,23-24H2. The van der Waals surface area contributed by atoms with Crippen LogP contribution in [-0.4, -0.2) is 43.1 Å². The quantitative estimate of drug-likeness (QED) is 0.266. The minimum Gasteiger partial charge on any atom is -0.487 e. The predicted molar refractivity (Wildman–Crippen MR) is 162 cm³/mol. The lowest BCUT2D eigenvalue weighted by atomic mass is 9.82. The molecule has 1 spiro atoms. The van der Waals surface area contributed by atoms with Gasteiger partial charge in [-0.05, 0) is 71.5 Å².